The maximum Gasteiger partial charge on any atom is 0.292 e. The van der Waals surface area contributed by atoms with Crippen molar-refractivity contribution in [2.45, 2.75) is 26.7 Å². The molecule has 122 valence electrons. The average Bonchev–Trinajstić information content (AvgIpc) is 2.78. The van der Waals surface area contributed by atoms with Crippen molar-refractivity contribution < 1.29 is 9.31 Å². The zero-order chi connectivity index (χ0) is 17.2. The first kappa shape index (κ1) is 16.1. The van der Waals surface area contributed by atoms with E-state index in [1.54, 1.807) is 18.4 Å². The third kappa shape index (κ3) is 2.85. The lowest BCUT2D eigenvalue weighted by Gasteiger charge is -2.17. The monoisotopic (exact) mass is 320 g/mol. The van der Waals surface area contributed by atoms with Crippen LogP contribution in [0.1, 0.15) is 26.7 Å². The first-order valence-corrected chi connectivity index (χ1v) is 8.15. The SMILES string of the molecule is C[N+]1=C(C=CNc2ccc(OC#N)cc2)C(C)(C)C2=CCCC=C21. The quantitative estimate of drug-likeness (QED) is 0.668. The molecule has 0 radical (unpaired) electrons. The fraction of sp³-hybridized carbons (Fsp3) is 0.300. The smallest absolute Gasteiger partial charge is 0.292 e. The standard InChI is InChI=1S/C20H21N3O/c1-20(2)17-6-4-5-7-18(17)23(3)19(20)12-13-22-15-8-10-16(11-9-15)24-14-21/h6-13H,4-5H2,1-3H3/p+1. The van der Waals surface area contributed by atoms with Gasteiger partial charge >= 0.3 is 0 Å². The number of rotatable bonds is 4. The molecule has 0 atom stereocenters. The van der Waals surface area contributed by atoms with Gasteiger partial charge in [-0.3, -0.25) is 0 Å². The van der Waals surface area contributed by atoms with E-state index in [9.17, 15) is 0 Å². The molecule has 3 rings (SSSR count). The molecule has 1 N–H and O–H groups in total. The number of nitrogens with one attached hydrogen (secondary N) is 1. The van der Waals surface area contributed by atoms with Crippen molar-refractivity contribution in [1.82, 2.24) is 0 Å². The summed E-state index contributed by atoms with van der Waals surface area (Å²) in [7, 11) is 2.13. The average molecular weight is 320 g/mol. The van der Waals surface area contributed by atoms with Gasteiger partial charge in [0.1, 0.15) is 12.8 Å². The predicted octanol–water partition coefficient (Wildman–Crippen LogP) is 4.20. The number of allylic oxidation sites excluding steroid dienone is 4. The Morgan fingerprint density at radius 3 is 2.58 bits per heavy atom. The number of fused-ring (bicyclic) bond motifs is 1. The summed E-state index contributed by atoms with van der Waals surface area (Å²) in [5.41, 5.74) is 5.01. The normalized spacial score (nSPS) is 18.8. The number of likely N-dealkylation sites (N-methyl/N-ethyl adjacent to an activating group) is 1. The van der Waals surface area contributed by atoms with Crippen LogP contribution in [0.2, 0.25) is 0 Å². The Kier molecular flexibility index (Phi) is 4.26. The van der Waals surface area contributed by atoms with Crippen molar-refractivity contribution in [3.8, 4) is 12.0 Å². The number of anilines is 1. The van der Waals surface area contributed by atoms with E-state index in [2.05, 4.69) is 49.0 Å². The van der Waals surface area contributed by atoms with E-state index < -0.39 is 0 Å². The van der Waals surface area contributed by atoms with Crippen molar-refractivity contribution in [2.24, 2.45) is 5.41 Å². The molecule has 1 aromatic carbocycles. The summed E-state index contributed by atoms with van der Waals surface area (Å²) < 4.78 is 7.06. The van der Waals surface area contributed by atoms with Gasteiger partial charge in [-0.1, -0.05) is 6.08 Å². The van der Waals surface area contributed by atoms with Crippen LogP contribution in [0.4, 0.5) is 5.69 Å². The second-order valence-corrected chi connectivity index (χ2v) is 6.55. The molecule has 0 aromatic heterocycles. The number of hydrogen-bond acceptors (Lipinski definition) is 3. The van der Waals surface area contributed by atoms with Crippen LogP contribution >= 0.6 is 0 Å². The fourth-order valence-electron chi connectivity index (χ4n) is 3.45. The summed E-state index contributed by atoms with van der Waals surface area (Å²) in [5, 5.41) is 11.8. The summed E-state index contributed by atoms with van der Waals surface area (Å²) >= 11 is 0. The minimum Gasteiger partial charge on any atom is -0.388 e. The molecule has 1 aromatic rings. The maximum absolute atomic E-state index is 8.50. The van der Waals surface area contributed by atoms with Gasteiger partial charge in [-0.05, 0) is 57.0 Å². The molecular weight excluding hydrogens is 298 g/mol. The van der Waals surface area contributed by atoms with E-state index in [0.717, 1.165) is 18.5 Å². The number of ether oxygens (including phenoxy) is 1. The third-order valence-electron chi connectivity index (χ3n) is 4.67. The largest absolute Gasteiger partial charge is 0.388 e. The van der Waals surface area contributed by atoms with E-state index >= 15 is 0 Å². The Morgan fingerprint density at radius 2 is 1.92 bits per heavy atom. The zero-order valence-electron chi connectivity index (χ0n) is 14.3. The van der Waals surface area contributed by atoms with Gasteiger partial charge in [-0.2, -0.15) is 4.58 Å². The molecule has 4 heteroatoms. The van der Waals surface area contributed by atoms with Gasteiger partial charge in [0.15, 0.2) is 5.71 Å². The highest BCUT2D eigenvalue weighted by atomic mass is 16.5. The molecule has 1 heterocycles. The molecular formula is C20H22N3O+. The molecule has 1 aliphatic heterocycles. The van der Waals surface area contributed by atoms with Crippen LogP contribution in [0.15, 0.2) is 60.0 Å². The lowest BCUT2D eigenvalue weighted by molar-refractivity contribution is -0.434. The number of nitrogens with zero attached hydrogens (tertiary/aromatic N) is 2. The molecule has 0 bridgehead atoms. The number of hydrogen-bond donors (Lipinski definition) is 1. The molecule has 4 nitrogen and oxygen atoms in total. The first-order chi connectivity index (χ1) is 11.5. The van der Waals surface area contributed by atoms with Crippen LogP contribution < -0.4 is 10.1 Å². The lowest BCUT2D eigenvalue weighted by atomic mass is 9.79. The molecule has 1 aliphatic carbocycles. The van der Waals surface area contributed by atoms with Crippen molar-refractivity contribution >= 4 is 11.4 Å². The molecule has 0 fully saturated rings. The third-order valence-corrected chi connectivity index (χ3v) is 4.67. The van der Waals surface area contributed by atoms with Gasteiger partial charge in [-0.25, -0.2) is 0 Å². The fourth-order valence-corrected chi connectivity index (χ4v) is 3.45. The molecule has 0 saturated heterocycles. The van der Waals surface area contributed by atoms with Crippen LogP contribution in [0.25, 0.3) is 0 Å². The Balaban J connectivity index is 1.76. The van der Waals surface area contributed by atoms with Crippen molar-refractivity contribution in [3.05, 3.63) is 60.0 Å². The van der Waals surface area contributed by atoms with Gasteiger partial charge in [0.2, 0.25) is 5.70 Å². The summed E-state index contributed by atoms with van der Waals surface area (Å²) in [4.78, 5) is 0. The second-order valence-electron chi connectivity index (χ2n) is 6.55. The number of benzene rings is 1. The van der Waals surface area contributed by atoms with Crippen molar-refractivity contribution in [2.75, 3.05) is 12.4 Å². The second kappa shape index (κ2) is 6.37. The zero-order valence-corrected chi connectivity index (χ0v) is 14.3. The van der Waals surface area contributed by atoms with Crippen LogP contribution in [-0.4, -0.2) is 17.3 Å². The van der Waals surface area contributed by atoms with Gasteiger partial charge in [0.05, 0.1) is 5.41 Å². The molecule has 0 amide bonds. The molecule has 24 heavy (non-hydrogen) atoms. The Morgan fingerprint density at radius 1 is 1.21 bits per heavy atom. The summed E-state index contributed by atoms with van der Waals surface area (Å²) in [5.74, 6) is 0.543. The van der Waals surface area contributed by atoms with Gasteiger partial charge < -0.3 is 10.1 Å². The van der Waals surface area contributed by atoms with E-state index in [4.69, 9.17) is 10.00 Å². The molecule has 0 unspecified atom stereocenters. The molecule has 0 saturated carbocycles. The van der Waals surface area contributed by atoms with Gasteiger partial charge in [0, 0.05) is 23.5 Å². The van der Waals surface area contributed by atoms with Crippen molar-refractivity contribution in [1.29, 1.82) is 5.26 Å². The van der Waals surface area contributed by atoms with E-state index in [-0.39, 0.29) is 5.41 Å². The summed E-state index contributed by atoms with van der Waals surface area (Å²) in [6.45, 7) is 4.55. The van der Waals surface area contributed by atoms with Crippen LogP contribution in [0.5, 0.6) is 5.75 Å². The highest BCUT2D eigenvalue weighted by Crippen LogP contribution is 2.42. The minimum absolute atomic E-state index is 0.0175. The Bertz CT molecular complexity index is 802. The molecule has 0 spiro atoms. The first-order valence-electron chi connectivity index (χ1n) is 8.15. The Labute approximate surface area is 143 Å². The van der Waals surface area contributed by atoms with E-state index in [1.165, 1.54) is 17.0 Å². The lowest BCUT2D eigenvalue weighted by Crippen LogP contribution is -2.22. The predicted molar refractivity (Wildman–Crippen MR) is 95.8 cm³/mol. The van der Waals surface area contributed by atoms with Gasteiger partial charge in [-0.15, -0.1) is 5.26 Å². The van der Waals surface area contributed by atoms with E-state index in [1.807, 2.05) is 18.3 Å². The van der Waals surface area contributed by atoms with Crippen LogP contribution in [0.3, 0.4) is 0 Å². The van der Waals surface area contributed by atoms with Crippen LogP contribution in [-0.2, 0) is 0 Å². The highest BCUT2D eigenvalue weighted by molar-refractivity contribution is 6.00. The maximum atomic E-state index is 8.50. The van der Waals surface area contributed by atoms with Gasteiger partial charge in [0.25, 0.3) is 6.26 Å². The number of nitriles is 1. The summed E-state index contributed by atoms with van der Waals surface area (Å²) in [6, 6.07) is 7.30. The molecule has 2 aliphatic rings. The Hall–Kier alpha value is -2.80. The van der Waals surface area contributed by atoms with Crippen molar-refractivity contribution in [3.63, 3.8) is 0 Å². The highest BCUT2D eigenvalue weighted by Gasteiger charge is 2.46. The van der Waals surface area contributed by atoms with E-state index in [0.29, 0.717) is 5.75 Å². The minimum atomic E-state index is 0.0175. The van der Waals surface area contributed by atoms with Crippen LogP contribution in [0, 0.1) is 16.9 Å². The topological polar surface area (TPSA) is 48.1 Å². The summed E-state index contributed by atoms with van der Waals surface area (Å²) in [6.07, 6.45) is 12.7.